The highest BCUT2D eigenvalue weighted by atomic mass is 16.4. The zero-order valence-electron chi connectivity index (χ0n) is 11.8. The standard InChI is InChI=1S/C15H20N2O3/c1-17(2)13-7-4-10(5-8-13)14(18)16-12-6-3-11(9-12)15(19)20/h4-5,7-8,11-12H,3,6,9H2,1-2H3,(H,16,18)(H,19,20)/t11-,12+/m1/s1. The van der Waals surface area contributed by atoms with E-state index in [1.165, 1.54) is 0 Å². The van der Waals surface area contributed by atoms with Gasteiger partial charge in [-0.1, -0.05) is 0 Å². The van der Waals surface area contributed by atoms with Gasteiger partial charge < -0.3 is 15.3 Å². The highest BCUT2D eigenvalue weighted by Gasteiger charge is 2.30. The molecule has 0 radical (unpaired) electrons. The van der Waals surface area contributed by atoms with Crippen LogP contribution in [0.4, 0.5) is 5.69 Å². The molecule has 108 valence electrons. The quantitative estimate of drug-likeness (QED) is 0.878. The molecule has 0 unspecified atom stereocenters. The molecular weight excluding hydrogens is 256 g/mol. The number of hydrogen-bond acceptors (Lipinski definition) is 3. The molecular formula is C15H20N2O3. The number of amides is 1. The van der Waals surface area contributed by atoms with Crippen LogP contribution in [0.1, 0.15) is 29.6 Å². The Kier molecular flexibility index (Phi) is 4.27. The van der Waals surface area contributed by atoms with Crippen LogP contribution in [0.3, 0.4) is 0 Å². The van der Waals surface area contributed by atoms with Crippen LogP contribution in [-0.2, 0) is 4.79 Å². The van der Waals surface area contributed by atoms with Crippen molar-refractivity contribution in [1.29, 1.82) is 0 Å². The van der Waals surface area contributed by atoms with Gasteiger partial charge in [0.1, 0.15) is 0 Å². The fourth-order valence-electron chi connectivity index (χ4n) is 2.52. The Morgan fingerprint density at radius 1 is 1.20 bits per heavy atom. The van der Waals surface area contributed by atoms with Crippen molar-refractivity contribution in [3.05, 3.63) is 29.8 Å². The van der Waals surface area contributed by atoms with E-state index in [1.54, 1.807) is 12.1 Å². The predicted octanol–water partition coefficient (Wildman–Crippen LogP) is 1.74. The average Bonchev–Trinajstić information content (AvgIpc) is 2.87. The van der Waals surface area contributed by atoms with Crippen LogP contribution < -0.4 is 10.2 Å². The molecule has 20 heavy (non-hydrogen) atoms. The van der Waals surface area contributed by atoms with E-state index >= 15 is 0 Å². The topological polar surface area (TPSA) is 69.6 Å². The van der Waals surface area contributed by atoms with Crippen LogP contribution in [0.25, 0.3) is 0 Å². The summed E-state index contributed by atoms with van der Waals surface area (Å²) >= 11 is 0. The molecule has 0 bridgehead atoms. The monoisotopic (exact) mass is 276 g/mol. The molecule has 5 heteroatoms. The van der Waals surface area contributed by atoms with Gasteiger partial charge in [-0.2, -0.15) is 0 Å². The van der Waals surface area contributed by atoms with Crippen LogP contribution in [-0.4, -0.2) is 37.1 Å². The number of carboxylic acid groups (broad SMARTS) is 1. The van der Waals surface area contributed by atoms with Gasteiger partial charge in [0.25, 0.3) is 5.91 Å². The van der Waals surface area contributed by atoms with Crippen LogP contribution in [0.2, 0.25) is 0 Å². The van der Waals surface area contributed by atoms with Gasteiger partial charge in [0.15, 0.2) is 0 Å². The van der Waals surface area contributed by atoms with Crippen LogP contribution in [0.5, 0.6) is 0 Å². The second-order valence-corrected chi connectivity index (χ2v) is 5.46. The number of aliphatic carboxylic acids is 1. The minimum Gasteiger partial charge on any atom is -0.481 e. The first-order valence-corrected chi connectivity index (χ1v) is 6.78. The smallest absolute Gasteiger partial charge is 0.306 e. The van der Waals surface area contributed by atoms with Crippen molar-refractivity contribution >= 4 is 17.6 Å². The third-order valence-corrected chi connectivity index (χ3v) is 3.76. The Balaban J connectivity index is 1.94. The molecule has 1 saturated carbocycles. The molecule has 2 atom stereocenters. The lowest BCUT2D eigenvalue weighted by atomic mass is 10.1. The predicted molar refractivity (Wildman–Crippen MR) is 77.0 cm³/mol. The molecule has 1 aliphatic rings. The van der Waals surface area contributed by atoms with E-state index in [9.17, 15) is 9.59 Å². The van der Waals surface area contributed by atoms with Gasteiger partial charge in [-0.15, -0.1) is 0 Å². The van der Waals surface area contributed by atoms with Gasteiger partial charge in [-0.25, -0.2) is 0 Å². The lowest BCUT2D eigenvalue weighted by Gasteiger charge is -2.14. The zero-order chi connectivity index (χ0) is 14.7. The summed E-state index contributed by atoms with van der Waals surface area (Å²) in [6.45, 7) is 0. The molecule has 5 nitrogen and oxygen atoms in total. The number of rotatable bonds is 4. The summed E-state index contributed by atoms with van der Waals surface area (Å²) in [6, 6.07) is 7.33. The molecule has 1 fully saturated rings. The Hall–Kier alpha value is -2.04. The number of carbonyl (C=O) groups is 2. The Labute approximate surface area is 118 Å². The largest absolute Gasteiger partial charge is 0.481 e. The second kappa shape index (κ2) is 5.94. The maximum Gasteiger partial charge on any atom is 0.306 e. The maximum atomic E-state index is 12.1. The van der Waals surface area contributed by atoms with Crippen molar-refractivity contribution < 1.29 is 14.7 Å². The van der Waals surface area contributed by atoms with E-state index in [0.717, 1.165) is 12.1 Å². The summed E-state index contributed by atoms with van der Waals surface area (Å²) in [5, 5.41) is 11.9. The zero-order valence-corrected chi connectivity index (χ0v) is 11.8. The number of nitrogens with zero attached hydrogens (tertiary/aromatic N) is 1. The summed E-state index contributed by atoms with van der Waals surface area (Å²) in [5.41, 5.74) is 1.64. The number of hydrogen-bond donors (Lipinski definition) is 2. The van der Waals surface area contributed by atoms with Crippen LogP contribution in [0.15, 0.2) is 24.3 Å². The Bertz CT molecular complexity index is 496. The number of nitrogens with one attached hydrogen (secondary N) is 1. The van der Waals surface area contributed by atoms with Crippen LogP contribution in [0, 0.1) is 5.92 Å². The summed E-state index contributed by atoms with van der Waals surface area (Å²) in [4.78, 5) is 24.9. The fourth-order valence-corrected chi connectivity index (χ4v) is 2.52. The van der Waals surface area contributed by atoms with Gasteiger partial charge in [0, 0.05) is 31.4 Å². The molecule has 0 saturated heterocycles. The molecule has 1 amide bonds. The Morgan fingerprint density at radius 2 is 1.85 bits per heavy atom. The van der Waals surface area contributed by atoms with Crippen molar-refractivity contribution in [3.8, 4) is 0 Å². The second-order valence-electron chi connectivity index (χ2n) is 5.46. The maximum absolute atomic E-state index is 12.1. The molecule has 0 heterocycles. The SMILES string of the molecule is CN(C)c1ccc(C(=O)N[C@H]2CC[C@@H](C(=O)O)C2)cc1. The number of benzene rings is 1. The minimum atomic E-state index is -0.767. The van der Waals surface area contributed by atoms with Gasteiger partial charge in [-0.3, -0.25) is 9.59 Å². The number of anilines is 1. The van der Waals surface area contributed by atoms with Gasteiger partial charge >= 0.3 is 5.97 Å². The average molecular weight is 276 g/mol. The Morgan fingerprint density at radius 3 is 2.35 bits per heavy atom. The van der Waals surface area contributed by atoms with E-state index in [0.29, 0.717) is 18.4 Å². The van der Waals surface area contributed by atoms with Crippen molar-refractivity contribution in [2.24, 2.45) is 5.92 Å². The number of carboxylic acids is 1. The first kappa shape index (κ1) is 14.4. The highest BCUT2D eigenvalue weighted by molar-refractivity contribution is 5.94. The lowest BCUT2D eigenvalue weighted by Crippen LogP contribution is -2.33. The fraction of sp³-hybridized carbons (Fsp3) is 0.467. The summed E-state index contributed by atoms with van der Waals surface area (Å²) in [5.74, 6) is -1.22. The van der Waals surface area contributed by atoms with Crippen molar-refractivity contribution in [2.45, 2.75) is 25.3 Å². The highest BCUT2D eigenvalue weighted by Crippen LogP contribution is 2.26. The van der Waals surface area contributed by atoms with E-state index in [1.807, 2.05) is 31.1 Å². The van der Waals surface area contributed by atoms with Gasteiger partial charge in [0.05, 0.1) is 5.92 Å². The summed E-state index contributed by atoms with van der Waals surface area (Å²) in [6.07, 6.45) is 1.90. The van der Waals surface area contributed by atoms with E-state index in [4.69, 9.17) is 5.11 Å². The molecule has 2 N–H and O–H groups in total. The van der Waals surface area contributed by atoms with Gasteiger partial charge in [0.2, 0.25) is 0 Å². The molecule has 2 rings (SSSR count). The molecule has 0 aliphatic heterocycles. The third-order valence-electron chi connectivity index (χ3n) is 3.76. The first-order valence-electron chi connectivity index (χ1n) is 6.78. The van der Waals surface area contributed by atoms with Gasteiger partial charge in [-0.05, 0) is 43.5 Å². The van der Waals surface area contributed by atoms with Crippen molar-refractivity contribution in [2.75, 3.05) is 19.0 Å². The third kappa shape index (κ3) is 3.29. The van der Waals surface area contributed by atoms with E-state index in [-0.39, 0.29) is 17.9 Å². The van der Waals surface area contributed by atoms with E-state index < -0.39 is 5.97 Å². The molecule has 0 aromatic heterocycles. The number of carbonyl (C=O) groups excluding carboxylic acids is 1. The molecule has 0 spiro atoms. The minimum absolute atomic E-state index is 0.0304. The summed E-state index contributed by atoms with van der Waals surface area (Å²) in [7, 11) is 3.89. The molecule has 1 aliphatic carbocycles. The van der Waals surface area contributed by atoms with E-state index in [2.05, 4.69) is 5.32 Å². The summed E-state index contributed by atoms with van der Waals surface area (Å²) < 4.78 is 0. The lowest BCUT2D eigenvalue weighted by molar-refractivity contribution is -0.141. The van der Waals surface area contributed by atoms with Crippen molar-refractivity contribution in [3.63, 3.8) is 0 Å². The normalized spacial score (nSPS) is 21.5. The molecule has 1 aromatic carbocycles. The van der Waals surface area contributed by atoms with Crippen LogP contribution >= 0.6 is 0 Å². The first-order chi connectivity index (χ1) is 9.47. The molecule has 1 aromatic rings. The van der Waals surface area contributed by atoms with Crippen molar-refractivity contribution in [1.82, 2.24) is 5.32 Å².